The van der Waals surface area contributed by atoms with E-state index in [1.807, 2.05) is 54.6 Å². The molecule has 4 nitrogen and oxygen atoms in total. The Labute approximate surface area is 169 Å². The molecule has 4 rings (SSSR count). The van der Waals surface area contributed by atoms with Gasteiger partial charge >= 0.3 is 0 Å². The Kier molecular flexibility index (Phi) is 4.61. The van der Waals surface area contributed by atoms with E-state index in [1.165, 1.54) is 0 Å². The number of rotatable bonds is 2. The van der Waals surface area contributed by atoms with Crippen LogP contribution in [0.15, 0.2) is 75.5 Å². The number of nitriles is 1. The van der Waals surface area contributed by atoms with Crippen LogP contribution in [0, 0.1) is 11.3 Å². The number of fused-ring (bicyclic) bond motifs is 3. The minimum Gasteiger partial charge on any atom is -0.437 e. The Balaban J connectivity index is 2.06. The number of aliphatic imine (C=N–C) groups is 1. The van der Waals surface area contributed by atoms with E-state index >= 15 is 0 Å². The van der Waals surface area contributed by atoms with Crippen molar-refractivity contribution in [3.63, 3.8) is 0 Å². The molecule has 27 heavy (non-hydrogen) atoms. The van der Waals surface area contributed by atoms with Gasteiger partial charge in [0.2, 0.25) is 5.88 Å². The summed E-state index contributed by atoms with van der Waals surface area (Å²) < 4.78 is 6.99. The lowest BCUT2D eigenvalue weighted by atomic mass is 9.82. The molecule has 0 spiro atoms. The van der Waals surface area contributed by atoms with Crippen LogP contribution in [0.4, 0.5) is 0 Å². The monoisotopic (exact) mass is 437 g/mol. The Morgan fingerprint density at radius 2 is 1.85 bits per heavy atom. The van der Waals surface area contributed by atoms with Crippen molar-refractivity contribution in [1.82, 2.24) is 0 Å². The second-order valence-electron chi connectivity index (χ2n) is 6.02. The summed E-state index contributed by atoms with van der Waals surface area (Å²) in [6, 6.07) is 19.6. The molecule has 6 heteroatoms. The molecule has 0 aromatic heterocycles. The van der Waals surface area contributed by atoms with Crippen LogP contribution in [0.2, 0.25) is 5.02 Å². The van der Waals surface area contributed by atoms with Gasteiger partial charge in [-0.05, 0) is 23.8 Å². The summed E-state index contributed by atoms with van der Waals surface area (Å²) in [4.78, 5) is 4.10. The van der Waals surface area contributed by atoms with Crippen molar-refractivity contribution in [2.75, 3.05) is 0 Å². The van der Waals surface area contributed by atoms with Gasteiger partial charge in [-0.25, -0.2) is 4.99 Å². The topological polar surface area (TPSA) is 71.4 Å². The number of nitrogens with zero attached hydrogens (tertiary/aromatic N) is 2. The number of nitrogens with two attached hydrogens (primary N) is 1. The van der Waals surface area contributed by atoms with Gasteiger partial charge in [0, 0.05) is 25.8 Å². The van der Waals surface area contributed by atoms with Gasteiger partial charge in [0.15, 0.2) is 0 Å². The zero-order valence-corrected chi connectivity index (χ0v) is 16.3. The van der Waals surface area contributed by atoms with Crippen molar-refractivity contribution in [2.45, 2.75) is 5.92 Å². The molecule has 0 saturated heterocycles. The fraction of sp³-hybridized carbons (Fsp3) is 0.0476. The summed E-state index contributed by atoms with van der Waals surface area (Å²) in [6.45, 7) is 0. The molecule has 132 valence electrons. The van der Waals surface area contributed by atoms with E-state index < -0.39 is 0 Å². The van der Waals surface area contributed by atoms with Crippen LogP contribution in [-0.4, -0.2) is 6.34 Å². The van der Waals surface area contributed by atoms with Gasteiger partial charge in [-0.2, -0.15) is 5.26 Å². The first-order valence-corrected chi connectivity index (χ1v) is 9.34. The van der Waals surface area contributed by atoms with Crippen LogP contribution in [-0.2, 0) is 0 Å². The molecular formula is C21H13BrClN3O. The van der Waals surface area contributed by atoms with E-state index in [0.717, 1.165) is 32.7 Å². The summed E-state index contributed by atoms with van der Waals surface area (Å²) in [5, 5.41) is 12.2. The van der Waals surface area contributed by atoms with Crippen LogP contribution in [0.5, 0.6) is 5.75 Å². The molecule has 3 aromatic carbocycles. The number of allylic oxidation sites excluding steroid dienone is 1. The average molecular weight is 439 g/mol. The van der Waals surface area contributed by atoms with Gasteiger partial charge < -0.3 is 10.5 Å². The van der Waals surface area contributed by atoms with Crippen molar-refractivity contribution >= 4 is 44.6 Å². The molecule has 0 bridgehead atoms. The maximum absolute atomic E-state index is 9.84. The van der Waals surface area contributed by atoms with E-state index in [1.54, 1.807) is 0 Å². The highest BCUT2D eigenvalue weighted by Gasteiger charge is 2.33. The fourth-order valence-corrected chi connectivity index (χ4v) is 3.91. The Bertz CT molecular complexity index is 1150. The molecule has 1 heterocycles. The third kappa shape index (κ3) is 2.97. The van der Waals surface area contributed by atoms with Crippen molar-refractivity contribution in [1.29, 1.82) is 5.26 Å². The summed E-state index contributed by atoms with van der Waals surface area (Å²) in [5.41, 5.74) is 7.65. The molecular weight excluding hydrogens is 426 g/mol. The SMILES string of the molecule is N#CC1=C(/N=C/N)Oc2c(cc(Cl)c3ccccc23)C1c1ccc(Br)cc1. The third-order valence-electron chi connectivity index (χ3n) is 4.52. The number of benzene rings is 3. The molecule has 1 aliphatic heterocycles. The smallest absolute Gasteiger partial charge is 0.235 e. The largest absolute Gasteiger partial charge is 0.437 e. The second-order valence-corrected chi connectivity index (χ2v) is 7.34. The molecule has 0 saturated carbocycles. The molecule has 3 aromatic rings. The Morgan fingerprint density at radius 1 is 1.15 bits per heavy atom. The summed E-state index contributed by atoms with van der Waals surface area (Å²) in [6.07, 6.45) is 1.13. The maximum atomic E-state index is 9.84. The van der Waals surface area contributed by atoms with Gasteiger partial charge in [0.05, 0.1) is 12.3 Å². The predicted molar refractivity (Wildman–Crippen MR) is 111 cm³/mol. The first-order valence-electron chi connectivity index (χ1n) is 8.17. The third-order valence-corrected chi connectivity index (χ3v) is 5.36. The van der Waals surface area contributed by atoms with E-state index in [9.17, 15) is 5.26 Å². The molecule has 0 aliphatic carbocycles. The lowest BCUT2D eigenvalue weighted by Crippen LogP contribution is -2.16. The molecule has 0 radical (unpaired) electrons. The van der Waals surface area contributed by atoms with Crippen LogP contribution in [0.25, 0.3) is 10.8 Å². The molecule has 1 atom stereocenters. The first-order chi connectivity index (χ1) is 13.1. The summed E-state index contributed by atoms with van der Waals surface area (Å²) in [5.74, 6) is 0.489. The Hall–Kier alpha value is -2.81. The number of hydrogen-bond acceptors (Lipinski definition) is 3. The van der Waals surface area contributed by atoms with Crippen molar-refractivity contribution in [2.24, 2.45) is 10.7 Å². The van der Waals surface area contributed by atoms with Crippen molar-refractivity contribution in [3.05, 3.63) is 86.7 Å². The van der Waals surface area contributed by atoms with Crippen LogP contribution in [0.3, 0.4) is 0 Å². The average Bonchev–Trinajstić information content (AvgIpc) is 2.69. The molecule has 1 aliphatic rings. The molecule has 2 N–H and O–H groups in total. The minimum atomic E-state index is -0.354. The molecule has 0 fully saturated rings. The molecule has 1 unspecified atom stereocenters. The quantitative estimate of drug-likeness (QED) is 0.424. The first kappa shape index (κ1) is 17.6. The van der Waals surface area contributed by atoms with E-state index in [2.05, 4.69) is 27.0 Å². The Morgan fingerprint density at radius 3 is 2.52 bits per heavy atom. The lowest BCUT2D eigenvalue weighted by Gasteiger charge is -2.28. The van der Waals surface area contributed by atoms with E-state index in [4.69, 9.17) is 22.1 Å². The number of ether oxygens (including phenoxy) is 1. The highest BCUT2D eigenvalue weighted by Crippen LogP contribution is 2.48. The van der Waals surface area contributed by atoms with Gasteiger partial charge in [-0.3, -0.25) is 0 Å². The minimum absolute atomic E-state index is 0.202. The van der Waals surface area contributed by atoms with E-state index in [0.29, 0.717) is 16.3 Å². The molecule has 0 amide bonds. The fourth-order valence-electron chi connectivity index (χ4n) is 3.36. The van der Waals surface area contributed by atoms with Crippen LogP contribution in [0.1, 0.15) is 17.0 Å². The van der Waals surface area contributed by atoms with E-state index in [-0.39, 0.29) is 11.8 Å². The van der Waals surface area contributed by atoms with Crippen molar-refractivity contribution < 1.29 is 4.74 Å². The normalized spacial score (nSPS) is 16.3. The van der Waals surface area contributed by atoms with Gasteiger partial charge in [-0.15, -0.1) is 0 Å². The highest BCUT2D eigenvalue weighted by atomic mass is 79.9. The van der Waals surface area contributed by atoms with Crippen LogP contribution < -0.4 is 10.5 Å². The van der Waals surface area contributed by atoms with Gasteiger partial charge in [-0.1, -0.05) is 63.9 Å². The van der Waals surface area contributed by atoms with Gasteiger partial charge in [0.25, 0.3) is 0 Å². The predicted octanol–water partition coefficient (Wildman–Crippen LogP) is 5.50. The van der Waals surface area contributed by atoms with Gasteiger partial charge in [0.1, 0.15) is 17.4 Å². The highest BCUT2D eigenvalue weighted by molar-refractivity contribution is 9.10. The lowest BCUT2D eigenvalue weighted by molar-refractivity contribution is 0.400. The standard InChI is InChI=1S/C21H13BrClN3O/c22-13-7-5-12(6-8-13)19-16-9-18(23)14-3-1-2-4-15(14)20(16)27-21(26-11-25)17(19)10-24/h1-9,11,19H,(H2,25,26). The number of halogens is 2. The zero-order chi connectivity index (χ0) is 19.0. The number of hydrogen-bond donors (Lipinski definition) is 1. The summed E-state index contributed by atoms with van der Waals surface area (Å²) in [7, 11) is 0. The van der Waals surface area contributed by atoms with Crippen molar-refractivity contribution in [3.8, 4) is 11.8 Å². The zero-order valence-electron chi connectivity index (χ0n) is 14.0. The van der Waals surface area contributed by atoms with Crippen LogP contribution >= 0.6 is 27.5 Å². The summed E-state index contributed by atoms with van der Waals surface area (Å²) >= 11 is 10.0. The second kappa shape index (κ2) is 7.07. The maximum Gasteiger partial charge on any atom is 0.235 e.